The van der Waals surface area contributed by atoms with Crippen LogP contribution in [0.1, 0.15) is 32.2 Å². The minimum Gasteiger partial charge on any atom is -0.497 e. The fourth-order valence-corrected chi connectivity index (χ4v) is 6.51. The quantitative estimate of drug-likeness (QED) is 0.681. The smallest absolute Gasteiger partial charge is 0.243 e. The normalized spacial score (nSPS) is 24.1. The Morgan fingerprint density at radius 3 is 2.55 bits per heavy atom. The third-order valence-corrected chi connectivity index (χ3v) is 8.85. The highest BCUT2D eigenvalue weighted by Gasteiger charge is 2.41. The molecule has 0 saturated carbocycles. The summed E-state index contributed by atoms with van der Waals surface area (Å²) in [5.41, 5.74) is 0. The Kier molecular flexibility index (Phi) is 5.59. The van der Waals surface area contributed by atoms with E-state index in [4.69, 9.17) is 9.37 Å². The number of aromatic nitrogens is 2. The number of piperidine rings is 1. The van der Waals surface area contributed by atoms with Crippen LogP contribution >= 0.6 is 11.8 Å². The van der Waals surface area contributed by atoms with E-state index in [-0.39, 0.29) is 22.4 Å². The van der Waals surface area contributed by atoms with E-state index in [2.05, 4.69) is 13.0 Å². The van der Waals surface area contributed by atoms with E-state index in [0.717, 1.165) is 12.2 Å². The van der Waals surface area contributed by atoms with Gasteiger partial charge in [0.25, 0.3) is 0 Å². The van der Waals surface area contributed by atoms with E-state index in [0.29, 0.717) is 31.7 Å². The molecule has 0 aliphatic carbocycles. The number of nitriles is 1. The Morgan fingerprint density at radius 1 is 1.28 bits per heavy atom. The van der Waals surface area contributed by atoms with Crippen molar-refractivity contribution in [2.24, 2.45) is 0 Å². The van der Waals surface area contributed by atoms with Crippen molar-refractivity contribution in [3.05, 3.63) is 24.3 Å². The van der Waals surface area contributed by atoms with Crippen LogP contribution in [0.15, 0.2) is 33.8 Å². The van der Waals surface area contributed by atoms with Gasteiger partial charge in [-0.2, -0.15) is 9.57 Å². The van der Waals surface area contributed by atoms with Gasteiger partial charge in [0.2, 0.25) is 10.0 Å². The molecular formula is C18H25N5O4S2. The highest BCUT2D eigenvalue weighted by molar-refractivity contribution is 8.00. The number of sulfonamides is 1. The largest absolute Gasteiger partial charge is 0.497 e. The third-order valence-electron chi connectivity index (χ3n) is 5.49. The molecule has 11 heteroatoms. The van der Waals surface area contributed by atoms with Crippen LogP contribution in [0.4, 0.5) is 0 Å². The van der Waals surface area contributed by atoms with Gasteiger partial charge in [0, 0.05) is 23.8 Å². The molecule has 1 aromatic heterocycles. The van der Waals surface area contributed by atoms with Crippen LogP contribution in [-0.2, 0) is 10.0 Å². The SMILES string of the molecule is CCC1SCC(C#N)N1n1on1C1CCN(S(=O)(=O)c2ccc(OC)cc2)CC1. The summed E-state index contributed by atoms with van der Waals surface area (Å²) in [7, 11) is -1.97. The molecule has 29 heavy (non-hydrogen) atoms. The molecule has 2 aliphatic rings. The molecule has 2 fully saturated rings. The van der Waals surface area contributed by atoms with Crippen molar-refractivity contribution in [1.82, 2.24) is 14.1 Å². The fraction of sp³-hybridized carbons (Fsp3) is 0.611. The van der Waals surface area contributed by atoms with E-state index in [1.165, 1.54) is 4.31 Å². The van der Waals surface area contributed by atoms with Gasteiger partial charge >= 0.3 is 0 Å². The van der Waals surface area contributed by atoms with Gasteiger partial charge in [0.15, 0.2) is 0 Å². The second-order valence-corrected chi connectivity index (χ2v) is 10.3. The molecule has 1 aromatic carbocycles. The fourth-order valence-electron chi connectivity index (χ4n) is 3.80. The Bertz CT molecular complexity index is 963. The zero-order chi connectivity index (χ0) is 20.6. The van der Waals surface area contributed by atoms with Crippen LogP contribution < -0.4 is 9.75 Å². The maximum atomic E-state index is 12.9. The Morgan fingerprint density at radius 2 is 1.97 bits per heavy atom. The summed E-state index contributed by atoms with van der Waals surface area (Å²) >= 11 is 1.76. The molecule has 2 atom stereocenters. The zero-order valence-electron chi connectivity index (χ0n) is 16.5. The molecule has 3 heterocycles. The van der Waals surface area contributed by atoms with Crippen LogP contribution in [0.5, 0.6) is 5.75 Å². The van der Waals surface area contributed by atoms with Crippen molar-refractivity contribution in [2.75, 3.05) is 31.0 Å². The van der Waals surface area contributed by atoms with Gasteiger partial charge in [-0.1, -0.05) is 11.8 Å². The second kappa shape index (κ2) is 8.01. The lowest BCUT2D eigenvalue weighted by molar-refractivity contribution is 0.238. The first kappa shape index (κ1) is 20.3. The zero-order valence-corrected chi connectivity index (χ0v) is 18.1. The number of methoxy groups -OCH3 is 1. The van der Waals surface area contributed by atoms with Crippen LogP contribution in [0, 0.1) is 11.3 Å². The number of rotatable bonds is 6. The van der Waals surface area contributed by atoms with Gasteiger partial charge in [0.05, 0.1) is 29.5 Å². The minimum absolute atomic E-state index is 0.0970. The van der Waals surface area contributed by atoms with E-state index in [1.54, 1.807) is 53.0 Å². The van der Waals surface area contributed by atoms with Gasteiger partial charge in [-0.05, 0) is 43.5 Å². The van der Waals surface area contributed by atoms with Crippen molar-refractivity contribution in [3.63, 3.8) is 0 Å². The summed E-state index contributed by atoms with van der Waals surface area (Å²) in [5, 5.41) is 11.6. The summed E-state index contributed by atoms with van der Waals surface area (Å²) in [6.45, 7) is 2.96. The average Bonchev–Trinajstić information content (AvgIpc) is 3.44. The summed E-state index contributed by atoms with van der Waals surface area (Å²) in [4.78, 5) is 3.76. The van der Waals surface area contributed by atoms with Crippen LogP contribution in [0.2, 0.25) is 0 Å². The summed E-state index contributed by atoms with van der Waals surface area (Å²) < 4.78 is 38.1. The van der Waals surface area contributed by atoms with Crippen LogP contribution in [0.25, 0.3) is 0 Å². The van der Waals surface area contributed by atoms with Crippen molar-refractivity contribution < 1.29 is 17.8 Å². The van der Waals surface area contributed by atoms with E-state index >= 15 is 0 Å². The van der Waals surface area contributed by atoms with Gasteiger partial charge < -0.3 is 4.74 Å². The molecule has 2 saturated heterocycles. The van der Waals surface area contributed by atoms with Crippen LogP contribution in [0.3, 0.4) is 0 Å². The van der Waals surface area contributed by atoms with E-state index in [9.17, 15) is 13.7 Å². The van der Waals surface area contributed by atoms with E-state index in [1.807, 2.05) is 5.01 Å². The van der Waals surface area contributed by atoms with Crippen molar-refractivity contribution in [1.29, 1.82) is 5.26 Å². The lowest BCUT2D eigenvalue weighted by Crippen LogP contribution is -2.43. The Balaban J connectivity index is 1.40. The molecule has 2 aromatic rings. The summed E-state index contributed by atoms with van der Waals surface area (Å²) in [6, 6.07) is 8.70. The number of thioether (sulfide) groups is 1. The molecule has 158 valence electrons. The van der Waals surface area contributed by atoms with Gasteiger partial charge in [-0.3, -0.25) is 0 Å². The predicted molar refractivity (Wildman–Crippen MR) is 109 cm³/mol. The highest BCUT2D eigenvalue weighted by atomic mass is 32.2. The maximum absolute atomic E-state index is 12.9. The third kappa shape index (κ3) is 3.76. The lowest BCUT2D eigenvalue weighted by atomic mass is 10.1. The summed E-state index contributed by atoms with van der Waals surface area (Å²) in [5.74, 6) is 1.39. The molecule has 0 bridgehead atoms. The first-order valence-electron chi connectivity index (χ1n) is 9.70. The van der Waals surface area contributed by atoms with Crippen molar-refractivity contribution in [2.45, 2.75) is 48.5 Å². The molecular weight excluding hydrogens is 414 g/mol. The number of ether oxygens (including phenoxy) is 1. The molecule has 0 spiro atoms. The van der Waals surface area contributed by atoms with Gasteiger partial charge in [0.1, 0.15) is 11.8 Å². The van der Waals surface area contributed by atoms with Gasteiger partial charge in [-0.15, -0.1) is 11.8 Å². The van der Waals surface area contributed by atoms with Gasteiger partial charge in [-0.25, -0.2) is 18.1 Å². The monoisotopic (exact) mass is 439 g/mol. The minimum atomic E-state index is -3.52. The molecule has 2 aliphatic heterocycles. The lowest BCUT2D eigenvalue weighted by Gasteiger charge is -2.29. The standard InChI is InChI=1S/C18H25N5O4S2/c1-3-18-21(15(12-19)13-28-18)23-22(27-23)14-8-10-20(11-9-14)29(24,25)17-6-4-16(26-2)5-7-17/h4-7,14-15,18H,3,8-11,13H2,1-2H3. The maximum Gasteiger partial charge on any atom is 0.243 e. The predicted octanol–water partition coefficient (Wildman–Crippen LogP) is 2.23. The Hall–Kier alpha value is -2.03. The Labute approximate surface area is 174 Å². The van der Waals surface area contributed by atoms with E-state index < -0.39 is 10.0 Å². The second-order valence-electron chi connectivity index (χ2n) is 7.17. The number of hydrogen-bond acceptors (Lipinski definition) is 7. The van der Waals surface area contributed by atoms with Crippen molar-refractivity contribution >= 4 is 21.8 Å². The van der Waals surface area contributed by atoms with Crippen molar-refractivity contribution in [3.8, 4) is 11.8 Å². The van der Waals surface area contributed by atoms with Crippen LogP contribution in [-0.4, -0.2) is 59.9 Å². The molecule has 4 rings (SSSR count). The molecule has 2 unspecified atom stereocenters. The topological polar surface area (TPSA) is 96.6 Å². The number of hydrogen-bond donors (Lipinski definition) is 0. The molecule has 0 N–H and O–H groups in total. The number of nitrogens with zero attached hydrogens (tertiary/aromatic N) is 5. The summed E-state index contributed by atoms with van der Waals surface area (Å²) in [6.07, 6.45) is 2.26. The molecule has 9 nitrogen and oxygen atoms in total. The first-order chi connectivity index (χ1) is 14.0. The first-order valence-corrected chi connectivity index (χ1v) is 12.2. The molecule has 0 amide bonds. The average molecular weight is 440 g/mol. The number of benzene rings is 1. The molecule has 0 radical (unpaired) electrons. The highest BCUT2D eigenvalue weighted by Crippen LogP contribution is 2.34.